The van der Waals surface area contributed by atoms with Gasteiger partial charge in [0.05, 0.1) is 25.6 Å². The molecule has 2 N–H and O–H groups in total. The Morgan fingerprint density at radius 2 is 1.62 bits per heavy atom. The molecule has 0 aromatic heterocycles. The van der Waals surface area contributed by atoms with Crippen LogP contribution in [0, 0.1) is 0 Å². The van der Waals surface area contributed by atoms with Gasteiger partial charge in [-0.3, -0.25) is 9.59 Å². The molecule has 0 aliphatic rings. The third-order valence-electron chi connectivity index (χ3n) is 4.81. The molecule has 0 aliphatic heterocycles. The maximum atomic E-state index is 12.3. The molecular weight excluding hydrogens is 458 g/mol. The summed E-state index contributed by atoms with van der Waals surface area (Å²) in [6.07, 6.45) is 0. The van der Waals surface area contributed by atoms with Crippen molar-refractivity contribution in [3.8, 4) is 17.2 Å². The fraction of sp³-hybridized carbons (Fsp3) is 0.160. The highest BCUT2D eigenvalue weighted by Gasteiger charge is 2.16. The van der Waals surface area contributed by atoms with Crippen molar-refractivity contribution in [3.05, 3.63) is 82.9 Å². The van der Waals surface area contributed by atoms with E-state index < -0.39 is 11.8 Å². The molecule has 0 bridgehead atoms. The summed E-state index contributed by atoms with van der Waals surface area (Å²) in [5.41, 5.74) is 4.70. The lowest BCUT2D eigenvalue weighted by Crippen LogP contribution is -2.33. The minimum atomic E-state index is -0.927. The number of ether oxygens (including phenoxy) is 3. The molecule has 0 aliphatic carbocycles. The second-order valence-electron chi connectivity index (χ2n) is 7.06. The number of hydrogen-bond donors (Lipinski definition) is 2. The van der Waals surface area contributed by atoms with Crippen LogP contribution in [0.15, 0.2) is 71.8 Å². The monoisotopic (exact) mass is 481 g/mol. The molecule has 0 saturated heterocycles. The summed E-state index contributed by atoms with van der Waals surface area (Å²) < 4.78 is 16.1. The molecule has 0 atom stereocenters. The maximum absolute atomic E-state index is 12.3. The van der Waals surface area contributed by atoms with E-state index in [1.807, 2.05) is 24.3 Å². The maximum Gasteiger partial charge on any atom is 0.329 e. The summed E-state index contributed by atoms with van der Waals surface area (Å²) in [5.74, 6) is -0.273. The second kappa shape index (κ2) is 11.7. The fourth-order valence-corrected chi connectivity index (χ4v) is 3.10. The number of rotatable bonds is 8. The van der Waals surface area contributed by atoms with E-state index in [2.05, 4.69) is 15.8 Å². The normalized spacial score (nSPS) is 10.9. The third kappa shape index (κ3) is 6.49. The van der Waals surface area contributed by atoms with Crippen molar-refractivity contribution in [2.24, 2.45) is 5.10 Å². The highest BCUT2D eigenvalue weighted by molar-refractivity contribution is 6.39. The first kappa shape index (κ1) is 24.6. The fourth-order valence-electron chi connectivity index (χ4n) is 2.91. The van der Waals surface area contributed by atoms with Gasteiger partial charge in [0.1, 0.15) is 23.9 Å². The molecule has 0 radical (unpaired) electrons. The van der Waals surface area contributed by atoms with Crippen molar-refractivity contribution in [1.82, 2.24) is 5.43 Å². The highest BCUT2D eigenvalue weighted by Crippen LogP contribution is 2.28. The first-order chi connectivity index (χ1) is 16.4. The molecule has 34 heavy (non-hydrogen) atoms. The number of amides is 2. The number of anilines is 1. The quantitative estimate of drug-likeness (QED) is 0.282. The molecule has 2 amide bonds. The Labute approximate surface area is 202 Å². The van der Waals surface area contributed by atoms with Gasteiger partial charge in [-0.25, -0.2) is 5.43 Å². The standard InChI is InChI=1S/C25H24ClN3O5/c1-16(17-8-10-19(11-9-17)34-15-18-6-4-5-7-21(18)26)28-29-25(31)24(30)27-22-14-20(32-2)12-13-23(22)33-3/h4-14H,15H2,1-3H3,(H,27,30)(H,29,31)/b28-16+. The van der Waals surface area contributed by atoms with Crippen LogP contribution in [0.4, 0.5) is 5.69 Å². The molecular formula is C25H24ClN3O5. The minimum Gasteiger partial charge on any atom is -0.497 e. The lowest BCUT2D eigenvalue weighted by atomic mass is 10.1. The summed E-state index contributed by atoms with van der Waals surface area (Å²) >= 11 is 6.14. The van der Waals surface area contributed by atoms with Gasteiger partial charge in [-0.2, -0.15) is 5.10 Å². The van der Waals surface area contributed by atoms with Gasteiger partial charge in [-0.05, 0) is 55.0 Å². The average molecular weight is 482 g/mol. The van der Waals surface area contributed by atoms with Gasteiger partial charge in [0.25, 0.3) is 0 Å². The highest BCUT2D eigenvalue weighted by atomic mass is 35.5. The van der Waals surface area contributed by atoms with Crippen LogP contribution in [-0.4, -0.2) is 31.7 Å². The van der Waals surface area contributed by atoms with E-state index in [1.165, 1.54) is 14.2 Å². The van der Waals surface area contributed by atoms with Gasteiger partial charge < -0.3 is 19.5 Å². The summed E-state index contributed by atoms with van der Waals surface area (Å²) in [7, 11) is 2.95. The Bertz CT molecular complexity index is 1200. The van der Waals surface area contributed by atoms with E-state index in [9.17, 15) is 9.59 Å². The van der Waals surface area contributed by atoms with Crippen LogP contribution in [-0.2, 0) is 16.2 Å². The van der Waals surface area contributed by atoms with Gasteiger partial charge in [0.15, 0.2) is 0 Å². The zero-order valence-corrected chi connectivity index (χ0v) is 19.7. The number of carbonyl (C=O) groups is 2. The molecule has 0 spiro atoms. The molecule has 8 nitrogen and oxygen atoms in total. The van der Waals surface area contributed by atoms with Crippen LogP contribution in [0.2, 0.25) is 5.02 Å². The van der Waals surface area contributed by atoms with Gasteiger partial charge in [0, 0.05) is 16.7 Å². The van der Waals surface area contributed by atoms with Crippen molar-refractivity contribution < 1.29 is 23.8 Å². The number of nitrogens with zero attached hydrogens (tertiary/aromatic N) is 1. The SMILES string of the molecule is COc1ccc(OC)c(NC(=O)C(=O)N/N=C(\C)c2ccc(OCc3ccccc3Cl)cc2)c1. The van der Waals surface area contributed by atoms with E-state index >= 15 is 0 Å². The number of benzene rings is 3. The molecule has 3 rings (SSSR count). The van der Waals surface area contributed by atoms with E-state index in [4.69, 9.17) is 25.8 Å². The molecule has 0 saturated carbocycles. The predicted molar refractivity (Wildman–Crippen MR) is 131 cm³/mol. The van der Waals surface area contributed by atoms with Gasteiger partial charge >= 0.3 is 11.8 Å². The number of halogens is 1. The lowest BCUT2D eigenvalue weighted by Gasteiger charge is -2.11. The van der Waals surface area contributed by atoms with Crippen LogP contribution < -0.4 is 25.0 Å². The number of carbonyl (C=O) groups excluding carboxylic acids is 2. The summed E-state index contributed by atoms with van der Waals surface area (Å²) in [6, 6.07) is 19.5. The lowest BCUT2D eigenvalue weighted by molar-refractivity contribution is -0.136. The number of hydrogen-bond acceptors (Lipinski definition) is 6. The number of methoxy groups -OCH3 is 2. The zero-order chi connectivity index (χ0) is 24.5. The Morgan fingerprint density at radius 3 is 2.29 bits per heavy atom. The topological polar surface area (TPSA) is 98.2 Å². The van der Waals surface area contributed by atoms with Crippen molar-refractivity contribution in [3.63, 3.8) is 0 Å². The van der Waals surface area contributed by atoms with Crippen LogP contribution >= 0.6 is 11.6 Å². The van der Waals surface area contributed by atoms with E-state index in [1.54, 1.807) is 49.4 Å². The first-order valence-corrected chi connectivity index (χ1v) is 10.6. The van der Waals surface area contributed by atoms with Crippen LogP contribution in [0.25, 0.3) is 0 Å². The molecule has 0 unspecified atom stereocenters. The first-order valence-electron chi connectivity index (χ1n) is 10.3. The summed E-state index contributed by atoms with van der Waals surface area (Å²) in [5, 5.41) is 7.14. The second-order valence-corrected chi connectivity index (χ2v) is 7.47. The Hall–Kier alpha value is -4.04. The van der Waals surface area contributed by atoms with Crippen molar-refractivity contribution >= 4 is 34.8 Å². The Balaban J connectivity index is 1.57. The van der Waals surface area contributed by atoms with Crippen LogP contribution in [0.3, 0.4) is 0 Å². The van der Waals surface area contributed by atoms with Gasteiger partial charge in [-0.1, -0.05) is 29.8 Å². The van der Waals surface area contributed by atoms with Crippen molar-refractivity contribution in [2.75, 3.05) is 19.5 Å². The molecule has 0 fully saturated rings. The van der Waals surface area contributed by atoms with Crippen molar-refractivity contribution in [2.45, 2.75) is 13.5 Å². The number of nitrogens with one attached hydrogen (secondary N) is 2. The average Bonchev–Trinajstić information content (AvgIpc) is 2.86. The summed E-state index contributed by atoms with van der Waals surface area (Å²) in [6.45, 7) is 2.05. The van der Waals surface area contributed by atoms with E-state index in [0.29, 0.717) is 40.3 Å². The molecule has 3 aromatic carbocycles. The van der Waals surface area contributed by atoms with Crippen LogP contribution in [0.5, 0.6) is 17.2 Å². The molecule has 3 aromatic rings. The molecule has 176 valence electrons. The summed E-state index contributed by atoms with van der Waals surface area (Å²) in [4.78, 5) is 24.5. The zero-order valence-electron chi connectivity index (χ0n) is 18.9. The van der Waals surface area contributed by atoms with Gasteiger partial charge in [-0.15, -0.1) is 0 Å². The Morgan fingerprint density at radius 1 is 0.912 bits per heavy atom. The van der Waals surface area contributed by atoms with Crippen molar-refractivity contribution in [1.29, 1.82) is 0 Å². The smallest absolute Gasteiger partial charge is 0.329 e. The van der Waals surface area contributed by atoms with E-state index in [-0.39, 0.29) is 0 Å². The number of hydrazone groups is 1. The third-order valence-corrected chi connectivity index (χ3v) is 5.18. The van der Waals surface area contributed by atoms with E-state index in [0.717, 1.165) is 11.1 Å². The molecule has 9 heteroatoms. The molecule has 0 heterocycles. The largest absolute Gasteiger partial charge is 0.497 e. The predicted octanol–water partition coefficient (Wildman–Crippen LogP) is 4.42. The van der Waals surface area contributed by atoms with Crippen LogP contribution in [0.1, 0.15) is 18.1 Å². The Kier molecular flexibility index (Phi) is 8.48. The van der Waals surface area contributed by atoms with Gasteiger partial charge in [0.2, 0.25) is 0 Å². The minimum absolute atomic E-state index is 0.301.